The molecule has 2 aliphatic heterocycles. The van der Waals surface area contributed by atoms with Crippen LogP contribution in [0.4, 0.5) is 4.39 Å². The highest BCUT2D eigenvalue weighted by molar-refractivity contribution is 6.30. The van der Waals surface area contributed by atoms with Crippen molar-refractivity contribution in [1.82, 2.24) is 0 Å². The molecule has 2 aliphatic rings. The molecule has 3 unspecified atom stereocenters. The van der Waals surface area contributed by atoms with Crippen LogP contribution in [0.1, 0.15) is 30.9 Å². The Bertz CT molecular complexity index is 468. The van der Waals surface area contributed by atoms with Crippen LogP contribution in [-0.2, 0) is 9.47 Å². The first-order valence-electron chi connectivity index (χ1n) is 6.94. The molecule has 5 heteroatoms. The van der Waals surface area contributed by atoms with Gasteiger partial charge >= 0.3 is 0 Å². The minimum absolute atomic E-state index is 0.0447. The summed E-state index contributed by atoms with van der Waals surface area (Å²) in [7, 11) is 0. The smallest absolute Gasteiger partial charge is 0.125 e. The summed E-state index contributed by atoms with van der Waals surface area (Å²) in [6.07, 6.45) is 1.64. The Balaban J connectivity index is 1.77. The molecule has 3 rings (SSSR count). The van der Waals surface area contributed by atoms with Gasteiger partial charge in [0.1, 0.15) is 5.82 Å². The maximum absolute atomic E-state index is 13.4. The Morgan fingerprint density at radius 1 is 1.35 bits per heavy atom. The summed E-state index contributed by atoms with van der Waals surface area (Å²) in [5.74, 6) is -0.374. The highest BCUT2D eigenvalue weighted by Gasteiger charge is 2.43. The van der Waals surface area contributed by atoms with Crippen molar-refractivity contribution < 1.29 is 19.0 Å². The molecule has 0 amide bonds. The normalized spacial score (nSPS) is 31.6. The Kier molecular flexibility index (Phi) is 4.00. The fourth-order valence-electron chi connectivity index (χ4n) is 3.22. The van der Waals surface area contributed by atoms with E-state index in [0.29, 0.717) is 30.4 Å². The van der Waals surface area contributed by atoms with E-state index in [4.69, 9.17) is 21.1 Å². The van der Waals surface area contributed by atoms with E-state index in [9.17, 15) is 9.50 Å². The second-order valence-corrected chi connectivity index (χ2v) is 6.17. The molecule has 0 radical (unpaired) electrons. The molecule has 2 fully saturated rings. The predicted octanol–water partition coefficient (Wildman–Crippen LogP) is 3.10. The minimum Gasteiger partial charge on any atom is -0.388 e. The van der Waals surface area contributed by atoms with Gasteiger partial charge in [0.15, 0.2) is 0 Å². The Labute approximate surface area is 122 Å². The van der Waals surface area contributed by atoms with Crippen LogP contribution in [0.5, 0.6) is 0 Å². The van der Waals surface area contributed by atoms with Crippen molar-refractivity contribution in [2.75, 3.05) is 19.8 Å². The van der Waals surface area contributed by atoms with Crippen molar-refractivity contribution in [2.45, 2.75) is 31.0 Å². The first-order chi connectivity index (χ1) is 9.58. The molecule has 110 valence electrons. The quantitative estimate of drug-likeness (QED) is 0.912. The van der Waals surface area contributed by atoms with Crippen LogP contribution in [0.2, 0.25) is 5.02 Å². The number of ether oxygens (including phenoxy) is 2. The van der Waals surface area contributed by atoms with Gasteiger partial charge in [-0.2, -0.15) is 0 Å². The van der Waals surface area contributed by atoms with Gasteiger partial charge in [0.25, 0.3) is 0 Å². The molecule has 2 saturated heterocycles. The molecule has 2 heterocycles. The fourth-order valence-corrected chi connectivity index (χ4v) is 3.45. The van der Waals surface area contributed by atoms with Gasteiger partial charge in [-0.1, -0.05) is 11.6 Å². The minimum atomic E-state index is -0.718. The van der Waals surface area contributed by atoms with Crippen LogP contribution in [0.3, 0.4) is 0 Å². The number of rotatable bonds is 2. The van der Waals surface area contributed by atoms with Gasteiger partial charge in [0.05, 0.1) is 18.3 Å². The average molecular weight is 301 g/mol. The molecule has 1 aromatic rings. The Hall–Kier alpha value is -0.680. The highest BCUT2D eigenvalue weighted by atomic mass is 35.5. The summed E-state index contributed by atoms with van der Waals surface area (Å²) >= 11 is 5.86. The predicted molar refractivity (Wildman–Crippen MR) is 73.2 cm³/mol. The van der Waals surface area contributed by atoms with Crippen molar-refractivity contribution in [2.24, 2.45) is 5.92 Å². The molecule has 0 bridgehead atoms. The van der Waals surface area contributed by atoms with Gasteiger partial charge < -0.3 is 14.6 Å². The highest BCUT2D eigenvalue weighted by Crippen LogP contribution is 2.41. The van der Waals surface area contributed by atoms with Gasteiger partial charge in [-0.3, -0.25) is 0 Å². The van der Waals surface area contributed by atoms with Crippen molar-refractivity contribution in [1.29, 1.82) is 0 Å². The number of halogens is 2. The number of aliphatic hydroxyl groups excluding tert-OH is 1. The summed E-state index contributed by atoms with van der Waals surface area (Å²) in [5, 5.41) is 10.8. The van der Waals surface area contributed by atoms with E-state index in [-0.39, 0.29) is 11.5 Å². The van der Waals surface area contributed by atoms with Gasteiger partial charge in [0.2, 0.25) is 0 Å². The van der Waals surface area contributed by atoms with Crippen molar-refractivity contribution >= 4 is 11.6 Å². The summed E-state index contributed by atoms with van der Waals surface area (Å²) in [6.45, 7) is 1.89. The molecule has 0 saturated carbocycles. The van der Waals surface area contributed by atoms with E-state index in [2.05, 4.69) is 0 Å². The molecule has 3 atom stereocenters. The van der Waals surface area contributed by atoms with Crippen molar-refractivity contribution in [3.05, 3.63) is 34.6 Å². The molecule has 1 spiro atoms. The van der Waals surface area contributed by atoms with Gasteiger partial charge in [0, 0.05) is 24.7 Å². The Morgan fingerprint density at radius 3 is 2.90 bits per heavy atom. The summed E-state index contributed by atoms with van der Waals surface area (Å²) < 4.78 is 24.7. The second-order valence-electron chi connectivity index (χ2n) is 5.73. The molecular formula is C15H18ClFO3. The molecular weight excluding hydrogens is 283 g/mol. The van der Waals surface area contributed by atoms with Crippen LogP contribution in [0, 0.1) is 11.7 Å². The van der Waals surface area contributed by atoms with Crippen molar-refractivity contribution in [3.63, 3.8) is 0 Å². The molecule has 1 N–H and O–H groups in total. The number of benzene rings is 1. The van der Waals surface area contributed by atoms with E-state index in [1.54, 1.807) is 6.07 Å². The number of hydrogen-bond donors (Lipinski definition) is 1. The zero-order chi connectivity index (χ0) is 14.2. The van der Waals surface area contributed by atoms with Crippen LogP contribution in [0.25, 0.3) is 0 Å². The third kappa shape index (κ3) is 2.84. The van der Waals surface area contributed by atoms with Crippen molar-refractivity contribution in [3.8, 4) is 0 Å². The molecule has 20 heavy (non-hydrogen) atoms. The van der Waals surface area contributed by atoms with E-state index in [1.807, 2.05) is 0 Å². The number of aliphatic hydroxyl groups is 1. The summed E-state index contributed by atoms with van der Waals surface area (Å²) in [5.41, 5.74) is 0.275. The lowest BCUT2D eigenvalue weighted by Gasteiger charge is -2.39. The van der Waals surface area contributed by atoms with Crippen LogP contribution in [0.15, 0.2) is 18.2 Å². The average Bonchev–Trinajstić information content (AvgIpc) is 2.85. The second kappa shape index (κ2) is 5.60. The maximum Gasteiger partial charge on any atom is 0.125 e. The lowest BCUT2D eigenvalue weighted by atomic mass is 9.80. The van der Waals surface area contributed by atoms with E-state index in [1.165, 1.54) is 12.1 Å². The van der Waals surface area contributed by atoms with E-state index < -0.39 is 11.9 Å². The topological polar surface area (TPSA) is 38.7 Å². The lowest BCUT2D eigenvalue weighted by Crippen LogP contribution is -2.41. The van der Waals surface area contributed by atoms with Crippen LogP contribution < -0.4 is 0 Å². The fraction of sp³-hybridized carbons (Fsp3) is 0.600. The van der Waals surface area contributed by atoms with Gasteiger partial charge in [-0.15, -0.1) is 0 Å². The molecule has 1 aromatic carbocycles. The zero-order valence-corrected chi connectivity index (χ0v) is 11.9. The molecule has 0 aromatic heterocycles. The largest absolute Gasteiger partial charge is 0.388 e. The molecule has 3 nitrogen and oxygen atoms in total. The third-order valence-electron chi connectivity index (χ3n) is 4.27. The molecule has 0 aliphatic carbocycles. The maximum atomic E-state index is 13.4. The van der Waals surface area contributed by atoms with Gasteiger partial charge in [-0.05, 0) is 42.5 Å². The van der Waals surface area contributed by atoms with E-state index >= 15 is 0 Å². The van der Waals surface area contributed by atoms with Crippen LogP contribution >= 0.6 is 11.6 Å². The standard InChI is InChI=1S/C15H18ClFO3/c16-12-5-11(6-13(17)7-12)14(18)10-1-3-20-15(8-10)2-4-19-9-15/h5-7,10,14,18H,1-4,8-9H2. The monoisotopic (exact) mass is 300 g/mol. The number of hydrogen-bond acceptors (Lipinski definition) is 3. The zero-order valence-electron chi connectivity index (χ0n) is 11.1. The Morgan fingerprint density at radius 2 is 2.20 bits per heavy atom. The van der Waals surface area contributed by atoms with Gasteiger partial charge in [-0.25, -0.2) is 4.39 Å². The van der Waals surface area contributed by atoms with Crippen LogP contribution in [-0.4, -0.2) is 30.5 Å². The SMILES string of the molecule is OC(c1cc(F)cc(Cl)c1)C1CCOC2(CCOC2)C1. The third-order valence-corrected chi connectivity index (χ3v) is 4.49. The first kappa shape index (κ1) is 14.3. The summed E-state index contributed by atoms with van der Waals surface area (Å²) in [6, 6.07) is 4.22. The van der Waals surface area contributed by atoms with E-state index in [0.717, 1.165) is 19.3 Å². The first-order valence-corrected chi connectivity index (χ1v) is 7.32. The lowest BCUT2D eigenvalue weighted by molar-refractivity contribution is -0.117. The summed E-state index contributed by atoms with van der Waals surface area (Å²) in [4.78, 5) is 0.